The van der Waals surface area contributed by atoms with Gasteiger partial charge in [-0.1, -0.05) is 12.2 Å². The number of carbonyl (C=O) groups is 2. The maximum atomic E-state index is 12.4. The number of nitrogens with zero attached hydrogens (tertiary/aromatic N) is 2. The maximum Gasteiger partial charge on any atom is 0.268 e. The van der Waals surface area contributed by atoms with Crippen LogP contribution in [0, 0.1) is 0 Å². The molecule has 0 fully saturated rings. The van der Waals surface area contributed by atoms with Crippen LogP contribution in [0.1, 0.15) is 24.2 Å². The number of fused-ring (bicyclic) bond motifs is 1. The van der Waals surface area contributed by atoms with E-state index in [9.17, 15) is 9.59 Å². The van der Waals surface area contributed by atoms with Gasteiger partial charge < -0.3 is 15.0 Å². The van der Waals surface area contributed by atoms with Crippen molar-refractivity contribution >= 4 is 23.2 Å². The second-order valence-corrected chi connectivity index (χ2v) is 6.01. The zero-order chi connectivity index (χ0) is 18.0. The molecule has 0 bridgehead atoms. The molecular weight excluding hydrogens is 318 g/mol. The second kappa shape index (κ2) is 6.76. The van der Waals surface area contributed by atoms with E-state index in [-0.39, 0.29) is 11.8 Å². The number of benzene rings is 1. The van der Waals surface area contributed by atoms with Crippen LogP contribution >= 0.6 is 0 Å². The Labute approximate surface area is 146 Å². The quantitative estimate of drug-likeness (QED) is 0.871. The molecule has 1 aliphatic rings. The number of rotatable bonds is 4. The summed E-state index contributed by atoms with van der Waals surface area (Å²) in [5.74, 6) is 0.214. The third kappa shape index (κ3) is 3.52. The summed E-state index contributed by atoms with van der Waals surface area (Å²) in [7, 11) is 0. The molecule has 3 rings (SSSR count). The molecule has 2 amide bonds. The number of hydrogen-bond donors (Lipinski definition) is 1. The zero-order valence-corrected chi connectivity index (χ0v) is 14.2. The van der Waals surface area contributed by atoms with Gasteiger partial charge >= 0.3 is 0 Å². The molecule has 2 heterocycles. The molecule has 1 atom stereocenters. The highest BCUT2D eigenvalue weighted by Gasteiger charge is 2.31. The molecule has 128 valence electrons. The fourth-order valence-corrected chi connectivity index (χ4v) is 2.63. The van der Waals surface area contributed by atoms with Crippen molar-refractivity contribution < 1.29 is 14.3 Å². The molecule has 0 aliphatic carbocycles. The smallest absolute Gasteiger partial charge is 0.268 e. The normalized spacial score (nSPS) is 16.0. The number of anilines is 2. The number of aromatic nitrogens is 1. The Morgan fingerprint density at radius 3 is 2.72 bits per heavy atom. The van der Waals surface area contributed by atoms with Crippen molar-refractivity contribution in [2.75, 3.05) is 16.8 Å². The predicted octanol–water partition coefficient (Wildman–Crippen LogP) is 3.02. The Hall–Kier alpha value is -3.15. The van der Waals surface area contributed by atoms with Gasteiger partial charge in [-0.2, -0.15) is 0 Å². The molecule has 0 radical (unpaired) electrons. The third-order valence-electron chi connectivity index (χ3n) is 3.80. The topological polar surface area (TPSA) is 71.5 Å². The van der Waals surface area contributed by atoms with Crippen LogP contribution in [0.15, 0.2) is 54.9 Å². The van der Waals surface area contributed by atoms with Crippen molar-refractivity contribution in [3.05, 3.63) is 60.4 Å². The lowest BCUT2D eigenvalue weighted by atomic mass is 10.1. The average molecular weight is 337 g/mol. The van der Waals surface area contributed by atoms with Crippen molar-refractivity contribution in [1.82, 2.24) is 4.98 Å². The largest absolute Gasteiger partial charge is 0.479 e. The highest BCUT2D eigenvalue weighted by atomic mass is 16.5. The zero-order valence-electron chi connectivity index (χ0n) is 14.2. The van der Waals surface area contributed by atoms with Gasteiger partial charge in [0.2, 0.25) is 0 Å². The summed E-state index contributed by atoms with van der Waals surface area (Å²) in [4.78, 5) is 30.2. The lowest BCUT2D eigenvalue weighted by Crippen LogP contribution is -2.45. The summed E-state index contributed by atoms with van der Waals surface area (Å²) in [5.41, 5.74) is 2.66. The van der Waals surface area contributed by atoms with Crippen molar-refractivity contribution in [2.24, 2.45) is 0 Å². The van der Waals surface area contributed by atoms with Gasteiger partial charge in [0.15, 0.2) is 6.10 Å². The first kappa shape index (κ1) is 16.7. The molecule has 0 spiro atoms. The first-order valence-corrected chi connectivity index (χ1v) is 7.93. The van der Waals surface area contributed by atoms with Gasteiger partial charge in [0.05, 0.1) is 5.69 Å². The number of amides is 2. The number of carbonyl (C=O) groups excluding carboxylic acids is 2. The van der Waals surface area contributed by atoms with E-state index in [1.165, 1.54) is 0 Å². The van der Waals surface area contributed by atoms with E-state index in [0.29, 0.717) is 29.2 Å². The first-order chi connectivity index (χ1) is 12.0. The Morgan fingerprint density at radius 1 is 1.32 bits per heavy atom. The summed E-state index contributed by atoms with van der Waals surface area (Å²) in [6, 6.07) is 8.52. The molecule has 1 aromatic heterocycles. The molecule has 6 nitrogen and oxygen atoms in total. The molecule has 0 saturated heterocycles. The van der Waals surface area contributed by atoms with E-state index in [0.717, 1.165) is 5.57 Å². The van der Waals surface area contributed by atoms with Crippen LogP contribution in [-0.4, -0.2) is 29.4 Å². The standard InChI is InChI=1S/C19H19N3O3/c1-12(2)11-22-16-5-4-15(10-17(16)25-13(3)19(22)24)21-18(23)14-6-8-20-9-7-14/h4-10,13H,1,11H2,2-3H3,(H,21,23). The summed E-state index contributed by atoms with van der Waals surface area (Å²) < 4.78 is 5.70. The molecule has 0 saturated carbocycles. The molecular formula is C19H19N3O3. The lowest BCUT2D eigenvalue weighted by molar-refractivity contribution is -0.125. The SMILES string of the molecule is C=C(C)CN1C(=O)C(C)Oc2cc(NC(=O)c3ccncc3)ccc21. The van der Waals surface area contributed by atoms with Crippen molar-refractivity contribution in [3.8, 4) is 5.75 Å². The third-order valence-corrected chi connectivity index (χ3v) is 3.80. The summed E-state index contributed by atoms with van der Waals surface area (Å²) >= 11 is 0. The van der Waals surface area contributed by atoms with Crippen LogP contribution in [0.5, 0.6) is 5.75 Å². The number of hydrogen-bond acceptors (Lipinski definition) is 4. The van der Waals surface area contributed by atoms with Crippen molar-refractivity contribution in [3.63, 3.8) is 0 Å². The lowest BCUT2D eigenvalue weighted by Gasteiger charge is -2.33. The van der Waals surface area contributed by atoms with Gasteiger partial charge in [-0.15, -0.1) is 0 Å². The number of nitrogens with one attached hydrogen (secondary N) is 1. The Bertz CT molecular complexity index is 833. The Balaban J connectivity index is 1.86. The van der Waals surface area contributed by atoms with Crippen LogP contribution < -0.4 is 15.0 Å². The van der Waals surface area contributed by atoms with Crippen molar-refractivity contribution in [1.29, 1.82) is 0 Å². The maximum absolute atomic E-state index is 12.4. The molecule has 1 N–H and O–H groups in total. The first-order valence-electron chi connectivity index (χ1n) is 7.93. The highest BCUT2D eigenvalue weighted by Crippen LogP contribution is 2.36. The molecule has 1 unspecified atom stereocenters. The summed E-state index contributed by atoms with van der Waals surface area (Å²) in [6.45, 7) is 7.89. The highest BCUT2D eigenvalue weighted by molar-refractivity contribution is 6.05. The molecule has 1 aromatic carbocycles. The monoisotopic (exact) mass is 337 g/mol. The predicted molar refractivity (Wildman–Crippen MR) is 95.9 cm³/mol. The molecule has 6 heteroatoms. The minimum Gasteiger partial charge on any atom is -0.479 e. The van der Waals surface area contributed by atoms with Gasteiger partial charge in [-0.3, -0.25) is 14.6 Å². The second-order valence-electron chi connectivity index (χ2n) is 6.01. The number of ether oxygens (including phenoxy) is 1. The van der Waals surface area contributed by atoms with E-state index in [1.807, 2.05) is 6.92 Å². The molecule has 1 aliphatic heterocycles. The molecule has 25 heavy (non-hydrogen) atoms. The van der Waals surface area contributed by atoms with E-state index in [2.05, 4.69) is 16.9 Å². The number of pyridine rings is 1. The summed E-state index contributed by atoms with van der Waals surface area (Å²) in [5, 5.41) is 2.82. The fraction of sp³-hybridized carbons (Fsp3) is 0.211. The van der Waals surface area contributed by atoms with E-state index in [1.54, 1.807) is 54.5 Å². The van der Waals surface area contributed by atoms with E-state index < -0.39 is 6.10 Å². The van der Waals surface area contributed by atoms with Crippen LogP contribution in [-0.2, 0) is 4.79 Å². The van der Waals surface area contributed by atoms with E-state index in [4.69, 9.17) is 4.74 Å². The van der Waals surface area contributed by atoms with Crippen LogP contribution in [0.4, 0.5) is 11.4 Å². The Morgan fingerprint density at radius 2 is 2.04 bits per heavy atom. The summed E-state index contributed by atoms with van der Waals surface area (Å²) in [6.07, 6.45) is 2.54. The van der Waals surface area contributed by atoms with Crippen LogP contribution in [0.2, 0.25) is 0 Å². The van der Waals surface area contributed by atoms with Gasteiger partial charge in [0.1, 0.15) is 5.75 Å². The van der Waals surface area contributed by atoms with Gasteiger partial charge in [-0.05, 0) is 38.1 Å². The fourth-order valence-electron chi connectivity index (χ4n) is 2.63. The molecule has 2 aromatic rings. The minimum absolute atomic E-state index is 0.107. The van der Waals surface area contributed by atoms with E-state index >= 15 is 0 Å². The van der Waals surface area contributed by atoms with Gasteiger partial charge in [0.25, 0.3) is 11.8 Å². The van der Waals surface area contributed by atoms with Gasteiger partial charge in [0, 0.05) is 36.3 Å². The van der Waals surface area contributed by atoms with Crippen molar-refractivity contribution in [2.45, 2.75) is 20.0 Å². The van der Waals surface area contributed by atoms with Gasteiger partial charge in [-0.25, -0.2) is 0 Å². The minimum atomic E-state index is -0.585. The average Bonchev–Trinajstić information content (AvgIpc) is 2.59. The van der Waals surface area contributed by atoms with Crippen LogP contribution in [0.3, 0.4) is 0 Å². The Kier molecular flexibility index (Phi) is 4.52. The van der Waals surface area contributed by atoms with Crippen LogP contribution in [0.25, 0.3) is 0 Å².